The van der Waals surface area contributed by atoms with Crippen molar-refractivity contribution in [3.05, 3.63) is 70.2 Å². The number of amides is 1. The van der Waals surface area contributed by atoms with Crippen LogP contribution in [0.3, 0.4) is 0 Å². The van der Waals surface area contributed by atoms with E-state index < -0.39 is 25.5 Å². The van der Waals surface area contributed by atoms with Crippen LogP contribution in [-0.2, 0) is 31.0 Å². The zero-order chi connectivity index (χ0) is 22.1. The Kier molecular flexibility index (Phi) is 9.06. The molecule has 1 amide bonds. The Morgan fingerprint density at radius 1 is 1.07 bits per heavy atom. The van der Waals surface area contributed by atoms with E-state index in [9.17, 15) is 19.3 Å². The standard InChI is InChI=1S/C21H25ClNO6P/c1-3-28-30(27,29-4-2)14-15-8-10-17(11-9-15)20(24)23-19(21(25)26)13-16-6-5-7-18(22)12-16/h5-12,19H,3-4,13-14H2,1-2H3,(H,23,24)(H,25,26)/t19-/m1/s1. The zero-order valence-corrected chi connectivity index (χ0v) is 18.5. The molecule has 0 radical (unpaired) electrons. The molecule has 0 aliphatic carbocycles. The topological polar surface area (TPSA) is 102 Å². The van der Waals surface area contributed by atoms with Crippen molar-refractivity contribution in [2.45, 2.75) is 32.5 Å². The number of carbonyl (C=O) groups excluding carboxylic acids is 1. The molecule has 0 saturated heterocycles. The van der Waals surface area contributed by atoms with Gasteiger partial charge in [-0.25, -0.2) is 4.79 Å². The molecule has 0 unspecified atom stereocenters. The van der Waals surface area contributed by atoms with Crippen LogP contribution >= 0.6 is 19.2 Å². The number of aliphatic carboxylic acids is 1. The van der Waals surface area contributed by atoms with Crippen LogP contribution in [0.2, 0.25) is 5.02 Å². The Hall–Kier alpha value is -2.18. The molecule has 0 heterocycles. The summed E-state index contributed by atoms with van der Waals surface area (Å²) in [5.41, 5.74) is 1.68. The largest absolute Gasteiger partial charge is 0.480 e. The smallest absolute Gasteiger partial charge is 0.335 e. The molecule has 162 valence electrons. The predicted octanol–water partition coefficient (Wildman–Crippen LogP) is 4.53. The molecular weight excluding hydrogens is 429 g/mol. The molecule has 0 saturated carbocycles. The lowest BCUT2D eigenvalue weighted by Gasteiger charge is -2.17. The summed E-state index contributed by atoms with van der Waals surface area (Å²) >= 11 is 5.94. The number of nitrogens with one attached hydrogen (secondary N) is 1. The summed E-state index contributed by atoms with van der Waals surface area (Å²) in [4.78, 5) is 24.1. The van der Waals surface area contributed by atoms with Gasteiger partial charge in [0.05, 0.1) is 19.4 Å². The average Bonchev–Trinajstić information content (AvgIpc) is 2.68. The highest BCUT2D eigenvalue weighted by Crippen LogP contribution is 2.51. The van der Waals surface area contributed by atoms with Crippen LogP contribution in [0.5, 0.6) is 0 Å². The summed E-state index contributed by atoms with van der Waals surface area (Å²) in [6.45, 7) is 4.00. The van der Waals surface area contributed by atoms with Gasteiger partial charge in [-0.2, -0.15) is 0 Å². The molecule has 2 rings (SSSR count). The Morgan fingerprint density at radius 2 is 1.70 bits per heavy atom. The molecule has 0 fully saturated rings. The quantitative estimate of drug-likeness (QED) is 0.484. The molecule has 0 aliphatic rings. The van der Waals surface area contributed by atoms with E-state index in [1.54, 1.807) is 62.4 Å². The molecule has 1 atom stereocenters. The third-order valence-electron chi connectivity index (χ3n) is 4.18. The minimum absolute atomic E-state index is 0.0864. The molecule has 0 aliphatic heterocycles. The van der Waals surface area contributed by atoms with E-state index >= 15 is 0 Å². The molecule has 0 spiro atoms. The van der Waals surface area contributed by atoms with Crippen LogP contribution in [-0.4, -0.2) is 36.2 Å². The van der Waals surface area contributed by atoms with Gasteiger partial charge in [0.2, 0.25) is 0 Å². The van der Waals surface area contributed by atoms with Crippen LogP contribution in [0.1, 0.15) is 35.3 Å². The summed E-state index contributed by atoms with van der Waals surface area (Å²) in [5.74, 6) is -1.66. The lowest BCUT2D eigenvalue weighted by molar-refractivity contribution is -0.139. The second kappa shape index (κ2) is 11.3. The van der Waals surface area contributed by atoms with Crippen LogP contribution in [0, 0.1) is 0 Å². The number of carboxylic acids is 1. The monoisotopic (exact) mass is 453 g/mol. The zero-order valence-electron chi connectivity index (χ0n) is 16.8. The second-order valence-electron chi connectivity index (χ2n) is 6.50. The van der Waals surface area contributed by atoms with Crippen LogP contribution in [0.4, 0.5) is 0 Å². The first kappa shape index (κ1) is 24.1. The van der Waals surface area contributed by atoms with Gasteiger partial charge in [0.25, 0.3) is 5.91 Å². The number of carbonyl (C=O) groups is 2. The molecule has 0 aromatic heterocycles. The fraction of sp³-hybridized carbons (Fsp3) is 0.333. The van der Waals surface area contributed by atoms with E-state index in [2.05, 4.69) is 5.32 Å². The molecule has 2 N–H and O–H groups in total. The highest BCUT2D eigenvalue weighted by atomic mass is 35.5. The summed E-state index contributed by atoms with van der Waals surface area (Å²) in [7, 11) is -3.25. The van der Waals surface area contributed by atoms with Gasteiger partial charge in [-0.1, -0.05) is 35.9 Å². The van der Waals surface area contributed by atoms with Gasteiger partial charge in [0.15, 0.2) is 0 Å². The predicted molar refractivity (Wildman–Crippen MR) is 115 cm³/mol. The Bertz CT molecular complexity index is 908. The van der Waals surface area contributed by atoms with Gasteiger partial charge in [-0.15, -0.1) is 0 Å². The van der Waals surface area contributed by atoms with Crippen LogP contribution in [0.15, 0.2) is 48.5 Å². The lowest BCUT2D eigenvalue weighted by atomic mass is 10.1. The second-order valence-corrected chi connectivity index (χ2v) is 8.99. The number of rotatable bonds is 11. The minimum Gasteiger partial charge on any atom is -0.480 e. The fourth-order valence-corrected chi connectivity index (χ4v) is 4.76. The number of benzene rings is 2. The fourth-order valence-electron chi connectivity index (χ4n) is 2.85. The lowest BCUT2D eigenvalue weighted by Crippen LogP contribution is -2.42. The molecule has 2 aromatic carbocycles. The highest BCUT2D eigenvalue weighted by Gasteiger charge is 2.25. The number of hydrogen-bond acceptors (Lipinski definition) is 5. The van der Waals surface area contributed by atoms with Gasteiger partial charge >= 0.3 is 13.6 Å². The highest BCUT2D eigenvalue weighted by molar-refractivity contribution is 7.53. The maximum atomic E-state index is 12.6. The van der Waals surface area contributed by atoms with E-state index in [0.29, 0.717) is 21.7 Å². The average molecular weight is 454 g/mol. The van der Waals surface area contributed by atoms with E-state index in [-0.39, 0.29) is 25.8 Å². The Balaban J connectivity index is 2.06. The van der Waals surface area contributed by atoms with E-state index in [0.717, 1.165) is 0 Å². The first-order chi connectivity index (χ1) is 14.3. The van der Waals surface area contributed by atoms with E-state index in [4.69, 9.17) is 20.6 Å². The summed E-state index contributed by atoms with van der Waals surface area (Å²) in [5, 5.41) is 12.5. The van der Waals surface area contributed by atoms with Crippen molar-refractivity contribution in [3.63, 3.8) is 0 Å². The minimum atomic E-state index is -3.25. The summed E-state index contributed by atoms with van der Waals surface area (Å²) in [6.07, 6.45) is 0.189. The van der Waals surface area contributed by atoms with Gasteiger partial charge < -0.3 is 19.5 Å². The maximum absolute atomic E-state index is 12.6. The first-order valence-corrected chi connectivity index (χ1v) is 11.6. The molecule has 30 heavy (non-hydrogen) atoms. The molecule has 2 aromatic rings. The van der Waals surface area contributed by atoms with E-state index in [1.807, 2.05) is 0 Å². The molecule has 7 nitrogen and oxygen atoms in total. The summed E-state index contributed by atoms with van der Waals surface area (Å²) in [6, 6.07) is 12.1. The van der Waals surface area contributed by atoms with E-state index in [1.165, 1.54) is 0 Å². The van der Waals surface area contributed by atoms with Gasteiger partial charge in [0.1, 0.15) is 6.04 Å². The first-order valence-electron chi connectivity index (χ1n) is 9.51. The normalized spacial score (nSPS) is 12.4. The van der Waals surface area contributed by atoms with Gasteiger partial charge in [-0.05, 0) is 49.2 Å². The third kappa shape index (κ3) is 7.26. The SMILES string of the molecule is CCOP(=O)(Cc1ccc(C(=O)N[C@H](Cc2cccc(Cl)c2)C(=O)O)cc1)OCC. The van der Waals surface area contributed by atoms with Crippen LogP contribution < -0.4 is 5.32 Å². The van der Waals surface area contributed by atoms with Crippen molar-refractivity contribution in [1.82, 2.24) is 5.32 Å². The third-order valence-corrected chi connectivity index (χ3v) is 6.47. The molecule has 9 heteroatoms. The molecular formula is C21H25ClNO6P. The van der Waals surface area contributed by atoms with Crippen molar-refractivity contribution in [1.29, 1.82) is 0 Å². The Labute approximate surface area is 180 Å². The van der Waals surface area contributed by atoms with Crippen LogP contribution in [0.25, 0.3) is 0 Å². The van der Waals surface area contributed by atoms with Crippen molar-refractivity contribution < 1.29 is 28.3 Å². The Morgan fingerprint density at radius 3 is 2.23 bits per heavy atom. The molecule has 0 bridgehead atoms. The van der Waals surface area contributed by atoms with Crippen molar-refractivity contribution >= 4 is 31.1 Å². The maximum Gasteiger partial charge on any atom is 0.335 e. The van der Waals surface area contributed by atoms with Crippen molar-refractivity contribution in [2.75, 3.05) is 13.2 Å². The number of halogens is 1. The number of carboxylic acid groups (broad SMARTS) is 1. The summed E-state index contributed by atoms with van der Waals surface area (Å²) < 4.78 is 23.2. The van der Waals surface area contributed by atoms with Gasteiger partial charge in [0, 0.05) is 17.0 Å². The van der Waals surface area contributed by atoms with Gasteiger partial charge in [-0.3, -0.25) is 9.36 Å². The van der Waals surface area contributed by atoms with Crippen molar-refractivity contribution in [3.8, 4) is 0 Å². The van der Waals surface area contributed by atoms with Crippen molar-refractivity contribution in [2.24, 2.45) is 0 Å². The number of hydrogen-bond donors (Lipinski definition) is 2.